The lowest BCUT2D eigenvalue weighted by Gasteiger charge is -2.25. The van der Waals surface area contributed by atoms with Crippen molar-refractivity contribution in [2.24, 2.45) is 0 Å². The summed E-state index contributed by atoms with van der Waals surface area (Å²) in [5, 5.41) is 0. The number of benzene rings is 5. The zero-order valence-electron chi connectivity index (χ0n) is 21.0. The van der Waals surface area contributed by atoms with E-state index in [-0.39, 0.29) is 0 Å². The third-order valence-corrected chi connectivity index (χ3v) is 6.29. The summed E-state index contributed by atoms with van der Waals surface area (Å²) in [6, 6.07) is 45.9. The molecule has 0 N–H and O–H groups in total. The van der Waals surface area contributed by atoms with Crippen LogP contribution in [0.5, 0.6) is 11.5 Å². The Bertz CT molecular complexity index is 1400. The first kappa shape index (κ1) is 24.0. The van der Waals surface area contributed by atoms with Crippen molar-refractivity contribution in [1.82, 2.24) is 0 Å². The standard InChI is InChI=1S/C34H29NO2/c1-36-32-21-13-26(14-22-32)25-34(28-17-23-33(37-2)24-18-28)27-15-19-31(20-16-27)35(29-9-5-3-6-10-29)30-11-7-4-8-12-30/h3-25H,1-2H3/b34-25+. The number of hydrogen-bond acceptors (Lipinski definition) is 3. The molecule has 0 aliphatic heterocycles. The van der Waals surface area contributed by atoms with Crippen LogP contribution in [0.3, 0.4) is 0 Å². The third-order valence-electron chi connectivity index (χ3n) is 6.29. The molecule has 0 aromatic heterocycles. The molecule has 37 heavy (non-hydrogen) atoms. The van der Waals surface area contributed by atoms with E-state index in [0.717, 1.165) is 50.8 Å². The number of hydrogen-bond donors (Lipinski definition) is 0. The van der Waals surface area contributed by atoms with Crippen LogP contribution in [0.1, 0.15) is 16.7 Å². The maximum absolute atomic E-state index is 5.39. The number of anilines is 3. The van der Waals surface area contributed by atoms with E-state index >= 15 is 0 Å². The van der Waals surface area contributed by atoms with Gasteiger partial charge >= 0.3 is 0 Å². The molecule has 0 radical (unpaired) electrons. The van der Waals surface area contributed by atoms with Gasteiger partial charge in [-0.25, -0.2) is 0 Å². The Kier molecular flexibility index (Phi) is 7.33. The molecule has 5 aromatic carbocycles. The topological polar surface area (TPSA) is 21.7 Å². The van der Waals surface area contributed by atoms with Gasteiger partial charge in [-0.05, 0) is 89.0 Å². The van der Waals surface area contributed by atoms with E-state index in [2.05, 4.69) is 108 Å². The molecule has 3 heteroatoms. The van der Waals surface area contributed by atoms with Gasteiger partial charge in [0.1, 0.15) is 11.5 Å². The summed E-state index contributed by atoms with van der Waals surface area (Å²) in [7, 11) is 3.37. The Morgan fingerprint density at radius 2 is 0.892 bits per heavy atom. The molecular formula is C34H29NO2. The van der Waals surface area contributed by atoms with Crippen LogP contribution in [0.2, 0.25) is 0 Å². The van der Waals surface area contributed by atoms with Crippen molar-refractivity contribution in [3.63, 3.8) is 0 Å². The maximum atomic E-state index is 5.39. The van der Waals surface area contributed by atoms with Gasteiger partial charge in [-0.15, -0.1) is 0 Å². The molecule has 0 aliphatic carbocycles. The molecule has 0 aliphatic rings. The van der Waals surface area contributed by atoms with Crippen molar-refractivity contribution in [3.8, 4) is 11.5 Å². The highest BCUT2D eigenvalue weighted by Gasteiger charge is 2.13. The Balaban J connectivity index is 1.56. The highest BCUT2D eigenvalue weighted by atomic mass is 16.5. The molecule has 5 aromatic rings. The van der Waals surface area contributed by atoms with E-state index in [1.54, 1.807) is 14.2 Å². The number of rotatable bonds is 8. The second-order valence-corrected chi connectivity index (χ2v) is 8.61. The second-order valence-electron chi connectivity index (χ2n) is 8.61. The molecule has 0 amide bonds. The van der Waals surface area contributed by atoms with Gasteiger partial charge < -0.3 is 14.4 Å². The van der Waals surface area contributed by atoms with Crippen molar-refractivity contribution < 1.29 is 9.47 Å². The zero-order valence-corrected chi connectivity index (χ0v) is 21.0. The van der Waals surface area contributed by atoms with Crippen LogP contribution in [0.4, 0.5) is 17.1 Å². The molecule has 0 saturated carbocycles. The summed E-state index contributed by atoms with van der Waals surface area (Å²) in [4.78, 5) is 2.27. The van der Waals surface area contributed by atoms with Gasteiger partial charge in [-0.1, -0.05) is 72.8 Å². The minimum atomic E-state index is 0.837. The monoisotopic (exact) mass is 483 g/mol. The van der Waals surface area contributed by atoms with Crippen LogP contribution >= 0.6 is 0 Å². The summed E-state index contributed by atoms with van der Waals surface area (Å²) < 4.78 is 10.7. The van der Waals surface area contributed by atoms with E-state index in [9.17, 15) is 0 Å². The summed E-state index contributed by atoms with van der Waals surface area (Å²) in [5.74, 6) is 1.68. The van der Waals surface area contributed by atoms with Crippen molar-refractivity contribution in [2.45, 2.75) is 0 Å². The lowest BCUT2D eigenvalue weighted by atomic mass is 9.95. The van der Waals surface area contributed by atoms with Gasteiger partial charge in [-0.3, -0.25) is 0 Å². The van der Waals surface area contributed by atoms with Crippen molar-refractivity contribution in [2.75, 3.05) is 19.1 Å². The summed E-state index contributed by atoms with van der Waals surface area (Å²) in [6.07, 6.45) is 2.21. The molecule has 0 unspecified atom stereocenters. The maximum Gasteiger partial charge on any atom is 0.118 e. The normalized spacial score (nSPS) is 11.1. The fraction of sp³-hybridized carbons (Fsp3) is 0.0588. The molecule has 5 rings (SSSR count). The molecular weight excluding hydrogens is 454 g/mol. The first-order valence-electron chi connectivity index (χ1n) is 12.3. The lowest BCUT2D eigenvalue weighted by Crippen LogP contribution is -2.09. The first-order chi connectivity index (χ1) is 18.2. The minimum Gasteiger partial charge on any atom is -0.497 e. The largest absolute Gasteiger partial charge is 0.497 e. The average molecular weight is 484 g/mol. The number of methoxy groups -OCH3 is 2. The number of para-hydroxylation sites is 2. The molecule has 182 valence electrons. The Morgan fingerprint density at radius 3 is 1.35 bits per heavy atom. The van der Waals surface area contributed by atoms with Gasteiger partial charge in [0.15, 0.2) is 0 Å². The van der Waals surface area contributed by atoms with Crippen molar-refractivity contribution in [1.29, 1.82) is 0 Å². The van der Waals surface area contributed by atoms with Gasteiger partial charge in [-0.2, -0.15) is 0 Å². The predicted molar refractivity (Wildman–Crippen MR) is 154 cm³/mol. The van der Waals surface area contributed by atoms with Crippen LogP contribution in [0.15, 0.2) is 133 Å². The minimum absolute atomic E-state index is 0.837. The van der Waals surface area contributed by atoms with Crippen molar-refractivity contribution >= 4 is 28.7 Å². The summed E-state index contributed by atoms with van der Waals surface area (Å²) in [6.45, 7) is 0. The molecule has 0 saturated heterocycles. The molecule has 0 heterocycles. The van der Waals surface area contributed by atoms with Crippen molar-refractivity contribution in [3.05, 3.63) is 150 Å². The fourth-order valence-electron chi connectivity index (χ4n) is 4.36. The number of nitrogens with zero attached hydrogens (tertiary/aromatic N) is 1. The predicted octanol–water partition coefficient (Wildman–Crippen LogP) is 8.76. The van der Waals surface area contributed by atoms with Gasteiger partial charge in [0.25, 0.3) is 0 Å². The van der Waals surface area contributed by atoms with Gasteiger partial charge in [0.2, 0.25) is 0 Å². The molecule has 0 spiro atoms. The highest BCUT2D eigenvalue weighted by molar-refractivity contribution is 5.92. The average Bonchev–Trinajstić information content (AvgIpc) is 2.98. The van der Waals surface area contributed by atoms with Crippen LogP contribution < -0.4 is 14.4 Å². The van der Waals surface area contributed by atoms with Gasteiger partial charge in [0, 0.05) is 17.1 Å². The third kappa shape index (κ3) is 5.57. The Hall–Kier alpha value is -4.76. The van der Waals surface area contributed by atoms with E-state index in [0.29, 0.717) is 0 Å². The second kappa shape index (κ2) is 11.3. The molecule has 0 fully saturated rings. The van der Waals surface area contributed by atoms with E-state index in [1.807, 2.05) is 36.4 Å². The van der Waals surface area contributed by atoms with Crippen LogP contribution in [0.25, 0.3) is 11.6 Å². The lowest BCUT2D eigenvalue weighted by molar-refractivity contribution is 0.414. The van der Waals surface area contributed by atoms with Crippen LogP contribution in [-0.4, -0.2) is 14.2 Å². The van der Waals surface area contributed by atoms with E-state index in [4.69, 9.17) is 9.47 Å². The summed E-state index contributed by atoms with van der Waals surface area (Å²) >= 11 is 0. The van der Waals surface area contributed by atoms with E-state index < -0.39 is 0 Å². The smallest absolute Gasteiger partial charge is 0.118 e. The SMILES string of the molecule is COc1ccc(/C=C(/c2ccc(OC)cc2)c2ccc(N(c3ccccc3)c3ccccc3)cc2)cc1. The summed E-state index contributed by atoms with van der Waals surface area (Å²) in [5.41, 5.74) is 7.81. The molecule has 0 bridgehead atoms. The van der Waals surface area contributed by atoms with Crippen LogP contribution in [0, 0.1) is 0 Å². The number of ether oxygens (including phenoxy) is 2. The Labute approximate surface area is 218 Å². The van der Waals surface area contributed by atoms with E-state index in [1.165, 1.54) is 0 Å². The molecule has 0 atom stereocenters. The Morgan fingerprint density at radius 1 is 0.486 bits per heavy atom. The highest BCUT2D eigenvalue weighted by Crippen LogP contribution is 2.36. The first-order valence-corrected chi connectivity index (χ1v) is 12.3. The fourth-order valence-corrected chi connectivity index (χ4v) is 4.36. The van der Waals surface area contributed by atoms with Gasteiger partial charge in [0.05, 0.1) is 14.2 Å². The zero-order chi connectivity index (χ0) is 25.5. The van der Waals surface area contributed by atoms with Crippen LogP contribution in [-0.2, 0) is 0 Å². The molecule has 3 nitrogen and oxygen atoms in total. The quantitative estimate of drug-likeness (QED) is 0.206.